The van der Waals surface area contributed by atoms with Gasteiger partial charge in [-0.3, -0.25) is 0 Å². The quantitative estimate of drug-likeness (QED) is 0.722. The van der Waals surface area contributed by atoms with Gasteiger partial charge in [-0.25, -0.2) is 0 Å². The van der Waals surface area contributed by atoms with E-state index in [1.54, 1.807) is 0 Å². The number of fused-ring (bicyclic) bond motifs is 1. The molecule has 0 spiro atoms. The van der Waals surface area contributed by atoms with E-state index >= 15 is 0 Å². The topological polar surface area (TPSA) is 0 Å². The molecule has 0 saturated heterocycles. The Morgan fingerprint density at radius 1 is 1.42 bits per heavy atom. The first-order valence-corrected chi connectivity index (χ1v) is 5.86. The number of allylic oxidation sites excluding steroid dienone is 1. The van der Waals surface area contributed by atoms with Crippen LogP contribution in [0.25, 0.3) is 4.91 Å². The third-order valence-corrected chi connectivity index (χ3v) is 3.67. The summed E-state index contributed by atoms with van der Waals surface area (Å²) in [7, 11) is 0. The molecule has 1 aromatic carbocycles. The van der Waals surface area contributed by atoms with Crippen LogP contribution in [0.3, 0.4) is 0 Å². The fourth-order valence-corrected chi connectivity index (χ4v) is 2.68. The van der Waals surface area contributed by atoms with Crippen LogP contribution >= 0.6 is 27.7 Å². The van der Waals surface area contributed by atoms with E-state index in [1.165, 1.54) is 20.5 Å². The summed E-state index contributed by atoms with van der Waals surface area (Å²) in [5, 5.41) is 0. The zero-order valence-corrected chi connectivity index (χ0v) is 9.21. The van der Waals surface area contributed by atoms with E-state index in [9.17, 15) is 0 Å². The van der Waals surface area contributed by atoms with Crippen LogP contribution in [0.4, 0.5) is 0 Å². The van der Waals surface area contributed by atoms with Gasteiger partial charge in [0.2, 0.25) is 0 Å². The lowest BCUT2D eigenvalue weighted by Crippen LogP contribution is -1.83. The molecule has 1 aromatic rings. The predicted molar refractivity (Wildman–Crippen MR) is 59.3 cm³/mol. The maximum atomic E-state index is 3.56. The molecule has 62 valence electrons. The van der Waals surface area contributed by atoms with Gasteiger partial charge in [0.15, 0.2) is 0 Å². The van der Waals surface area contributed by atoms with E-state index < -0.39 is 0 Å². The predicted octanol–water partition coefficient (Wildman–Crippen LogP) is 3.71. The monoisotopic (exact) mass is 240 g/mol. The second-order valence-corrected chi connectivity index (χ2v) is 4.44. The number of benzene rings is 1. The summed E-state index contributed by atoms with van der Waals surface area (Å²) >= 11 is 5.39. The summed E-state index contributed by atoms with van der Waals surface area (Å²) in [6.07, 6.45) is 5.49. The smallest absolute Gasteiger partial charge is 0.0216 e. The molecule has 2 heteroatoms. The molecule has 0 amide bonds. The Morgan fingerprint density at radius 3 is 3.00 bits per heavy atom. The van der Waals surface area contributed by atoms with Crippen molar-refractivity contribution in [1.82, 2.24) is 0 Å². The molecule has 2 rings (SSSR count). The molecule has 0 aliphatic heterocycles. The van der Waals surface area contributed by atoms with Gasteiger partial charge in [-0.05, 0) is 29.9 Å². The lowest BCUT2D eigenvalue weighted by molar-refractivity contribution is 1.29. The van der Waals surface area contributed by atoms with Gasteiger partial charge in [-0.15, -0.1) is 11.8 Å². The third kappa shape index (κ3) is 1.23. The molecule has 1 aliphatic rings. The van der Waals surface area contributed by atoms with E-state index in [0.717, 1.165) is 6.42 Å². The van der Waals surface area contributed by atoms with Crippen LogP contribution in [0.1, 0.15) is 11.1 Å². The van der Waals surface area contributed by atoms with Crippen molar-refractivity contribution in [3.8, 4) is 0 Å². The van der Waals surface area contributed by atoms with Crippen LogP contribution in [-0.2, 0) is 6.42 Å². The molecule has 0 fully saturated rings. The second kappa shape index (κ2) is 3.27. The van der Waals surface area contributed by atoms with E-state index in [0.29, 0.717) is 0 Å². The van der Waals surface area contributed by atoms with Gasteiger partial charge in [0.25, 0.3) is 0 Å². The fraction of sp³-hybridized carbons (Fsp3) is 0.200. The van der Waals surface area contributed by atoms with Gasteiger partial charge < -0.3 is 0 Å². The largest absolute Gasteiger partial charge is 0.129 e. The van der Waals surface area contributed by atoms with Gasteiger partial charge in [0.05, 0.1) is 0 Å². The normalized spacial score (nSPS) is 14.3. The maximum Gasteiger partial charge on any atom is 0.0216 e. The minimum atomic E-state index is 1.08. The van der Waals surface area contributed by atoms with Crippen molar-refractivity contribution in [2.45, 2.75) is 6.42 Å². The zero-order chi connectivity index (χ0) is 8.55. The Hall–Kier alpha value is -0.210. The Balaban J connectivity index is 2.53. The number of rotatable bonds is 1. The molecule has 0 unspecified atom stereocenters. The highest BCUT2D eigenvalue weighted by Crippen LogP contribution is 2.37. The highest BCUT2D eigenvalue weighted by Gasteiger charge is 2.14. The molecule has 1 aliphatic carbocycles. The molecule has 0 bridgehead atoms. The van der Waals surface area contributed by atoms with E-state index in [2.05, 4.69) is 46.5 Å². The molecular formula is C10H9BrS. The first kappa shape index (κ1) is 8.39. The molecule has 0 saturated carbocycles. The van der Waals surface area contributed by atoms with Crippen molar-refractivity contribution in [3.05, 3.63) is 39.9 Å². The van der Waals surface area contributed by atoms with Crippen LogP contribution in [0.15, 0.2) is 28.7 Å². The van der Waals surface area contributed by atoms with Crippen molar-refractivity contribution >= 4 is 32.6 Å². The third-order valence-electron chi connectivity index (χ3n) is 2.10. The standard InChI is InChI=1S/C10H9BrS/c1-12-10-6-5-7-8(10)3-2-4-9(7)11/h2-4,6H,5H2,1H3. The highest BCUT2D eigenvalue weighted by molar-refractivity contribution is 9.10. The first-order valence-electron chi connectivity index (χ1n) is 3.85. The Bertz CT molecular complexity index is 342. The van der Waals surface area contributed by atoms with Crippen molar-refractivity contribution in [3.63, 3.8) is 0 Å². The van der Waals surface area contributed by atoms with Crippen molar-refractivity contribution in [1.29, 1.82) is 0 Å². The Morgan fingerprint density at radius 2 is 2.25 bits per heavy atom. The van der Waals surface area contributed by atoms with Gasteiger partial charge in [-0.2, -0.15) is 0 Å². The summed E-state index contributed by atoms with van der Waals surface area (Å²) < 4.78 is 1.24. The summed E-state index contributed by atoms with van der Waals surface area (Å²) in [5.41, 5.74) is 2.83. The number of hydrogen-bond donors (Lipinski definition) is 0. The highest BCUT2D eigenvalue weighted by atomic mass is 79.9. The molecule has 0 aromatic heterocycles. The van der Waals surface area contributed by atoms with E-state index in [-0.39, 0.29) is 0 Å². The number of thioether (sulfide) groups is 1. The van der Waals surface area contributed by atoms with Crippen molar-refractivity contribution in [2.75, 3.05) is 6.26 Å². The molecule has 0 atom stereocenters. The fourth-order valence-electron chi connectivity index (χ4n) is 1.49. The molecule has 0 nitrogen and oxygen atoms in total. The Labute approximate surface area is 85.2 Å². The van der Waals surface area contributed by atoms with Crippen LogP contribution in [0.5, 0.6) is 0 Å². The molecule has 0 N–H and O–H groups in total. The maximum absolute atomic E-state index is 3.56. The summed E-state index contributed by atoms with van der Waals surface area (Å²) in [4.78, 5) is 1.41. The van der Waals surface area contributed by atoms with Crippen LogP contribution in [0.2, 0.25) is 0 Å². The van der Waals surface area contributed by atoms with Gasteiger partial charge >= 0.3 is 0 Å². The van der Waals surface area contributed by atoms with Crippen molar-refractivity contribution < 1.29 is 0 Å². The van der Waals surface area contributed by atoms with Gasteiger partial charge in [0, 0.05) is 9.38 Å². The summed E-state index contributed by atoms with van der Waals surface area (Å²) in [6.45, 7) is 0. The van der Waals surface area contributed by atoms with Crippen LogP contribution in [-0.4, -0.2) is 6.26 Å². The van der Waals surface area contributed by atoms with E-state index in [4.69, 9.17) is 0 Å². The van der Waals surface area contributed by atoms with Gasteiger partial charge in [0.1, 0.15) is 0 Å². The minimum absolute atomic E-state index is 1.08. The second-order valence-electron chi connectivity index (χ2n) is 2.74. The van der Waals surface area contributed by atoms with E-state index in [1.807, 2.05) is 11.8 Å². The minimum Gasteiger partial charge on any atom is -0.129 e. The lowest BCUT2D eigenvalue weighted by atomic mass is 10.1. The lowest BCUT2D eigenvalue weighted by Gasteiger charge is -2.03. The van der Waals surface area contributed by atoms with Gasteiger partial charge in [-0.1, -0.05) is 34.1 Å². The molecular weight excluding hydrogens is 232 g/mol. The Kier molecular flexibility index (Phi) is 2.28. The van der Waals surface area contributed by atoms with Crippen LogP contribution < -0.4 is 0 Å². The summed E-state index contributed by atoms with van der Waals surface area (Å²) in [5.74, 6) is 0. The molecule has 0 radical (unpaired) electrons. The zero-order valence-electron chi connectivity index (χ0n) is 6.80. The first-order chi connectivity index (χ1) is 5.83. The SMILES string of the molecule is CSC1=CCc2c(Br)cccc21. The number of halogens is 1. The molecule has 0 heterocycles. The van der Waals surface area contributed by atoms with Crippen LogP contribution in [0, 0.1) is 0 Å². The average molecular weight is 241 g/mol. The summed E-state index contributed by atoms with van der Waals surface area (Å²) in [6, 6.07) is 6.39. The average Bonchev–Trinajstić information content (AvgIpc) is 2.49. The molecule has 12 heavy (non-hydrogen) atoms. The number of hydrogen-bond acceptors (Lipinski definition) is 1. The van der Waals surface area contributed by atoms with Crippen molar-refractivity contribution in [2.24, 2.45) is 0 Å².